The number of carbonyl (C=O) groups excluding carboxylic acids is 3. The molecule has 7 nitrogen and oxygen atoms in total. The molecule has 3 rings (SSSR count). The predicted octanol–water partition coefficient (Wildman–Crippen LogP) is 0.760. The normalized spacial score (nSPS) is 17.9. The Balaban J connectivity index is 1.74. The summed E-state index contributed by atoms with van der Waals surface area (Å²) in [4.78, 5) is 39.3. The molecule has 0 spiro atoms. The molecule has 3 atom stereocenters. The Labute approximate surface area is 176 Å². The van der Waals surface area contributed by atoms with E-state index in [1.165, 1.54) is 4.90 Å². The van der Waals surface area contributed by atoms with Crippen LogP contribution in [0, 0.1) is 0 Å². The molecule has 1 saturated heterocycles. The lowest BCUT2D eigenvalue weighted by atomic mass is 10.0. The number of nitrogens with zero attached hydrogens (tertiary/aromatic N) is 1. The molecule has 0 saturated carbocycles. The second-order valence-electron chi connectivity index (χ2n) is 7.64. The van der Waals surface area contributed by atoms with Crippen molar-refractivity contribution in [3.63, 3.8) is 0 Å². The number of nitrogens with one attached hydrogen (secondary N) is 1. The van der Waals surface area contributed by atoms with Crippen molar-refractivity contribution in [1.82, 2.24) is 10.2 Å². The van der Waals surface area contributed by atoms with Gasteiger partial charge >= 0.3 is 0 Å². The van der Waals surface area contributed by atoms with E-state index in [9.17, 15) is 14.4 Å². The van der Waals surface area contributed by atoms with Gasteiger partial charge in [0, 0.05) is 13.0 Å². The lowest BCUT2D eigenvalue weighted by molar-refractivity contribution is -0.140. The summed E-state index contributed by atoms with van der Waals surface area (Å²) in [6.45, 7) is 0.448. The fourth-order valence-electron chi connectivity index (χ4n) is 3.82. The van der Waals surface area contributed by atoms with Crippen molar-refractivity contribution in [1.29, 1.82) is 0 Å². The van der Waals surface area contributed by atoms with Gasteiger partial charge in [0.1, 0.15) is 12.1 Å². The fourth-order valence-corrected chi connectivity index (χ4v) is 3.82. The monoisotopic (exact) mass is 408 g/mol. The van der Waals surface area contributed by atoms with E-state index >= 15 is 0 Å². The molecular formula is C23H28N4O3. The van der Waals surface area contributed by atoms with E-state index in [-0.39, 0.29) is 5.91 Å². The molecule has 0 bridgehead atoms. The van der Waals surface area contributed by atoms with Crippen LogP contribution in [0.1, 0.15) is 24.0 Å². The smallest absolute Gasteiger partial charge is 0.246 e. The number of amides is 3. The molecule has 5 N–H and O–H groups in total. The van der Waals surface area contributed by atoms with Crippen LogP contribution in [0.4, 0.5) is 0 Å². The number of rotatable bonds is 8. The summed E-state index contributed by atoms with van der Waals surface area (Å²) >= 11 is 0. The minimum atomic E-state index is -0.818. The van der Waals surface area contributed by atoms with Crippen molar-refractivity contribution in [3.05, 3.63) is 71.8 Å². The molecule has 2 aromatic rings. The number of nitrogens with two attached hydrogens (primary N) is 2. The Morgan fingerprint density at radius 3 is 2.10 bits per heavy atom. The first-order chi connectivity index (χ1) is 14.5. The van der Waals surface area contributed by atoms with Crippen LogP contribution in [0.15, 0.2) is 60.7 Å². The van der Waals surface area contributed by atoms with E-state index in [0.717, 1.165) is 11.1 Å². The van der Waals surface area contributed by atoms with Gasteiger partial charge < -0.3 is 21.7 Å². The number of primary amides is 1. The topological polar surface area (TPSA) is 119 Å². The van der Waals surface area contributed by atoms with Crippen LogP contribution in [0.3, 0.4) is 0 Å². The van der Waals surface area contributed by atoms with Crippen molar-refractivity contribution >= 4 is 17.7 Å². The summed E-state index contributed by atoms with van der Waals surface area (Å²) in [5.74, 6) is -1.23. The molecule has 30 heavy (non-hydrogen) atoms. The van der Waals surface area contributed by atoms with Crippen LogP contribution >= 0.6 is 0 Å². The van der Waals surface area contributed by atoms with Crippen molar-refractivity contribution in [2.24, 2.45) is 11.5 Å². The zero-order valence-corrected chi connectivity index (χ0v) is 16.9. The highest BCUT2D eigenvalue weighted by molar-refractivity contribution is 5.93. The second-order valence-corrected chi connectivity index (χ2v) is 7.64. The maximum Gasteiger partial charge on any atom is 0.246 e. The number of likely N-dealkylation sites (tertiary alicyclic amines) is 1. The average molecular weight is 409 g/mol. The molecule has 0 unspecified atom stereocenters. The third kappa shape index (κ3) is 5.45. The summed E-state index contributed by atoms with van der Waals surface area (Å²) in [6.07, 6.45) is 1.93. The van der Waals surface area contributed by atoms with Gasteiger partial charge in [-0.3, -0.25) is 14.4 Å². The van der Waals surface area contributed by atoms with Crippen molar-refractivity contribution < 1.29 is 14.4 Å². The molecule has 1 aliphatic heterocycles. The van der Waals surface area contributed by atoms with Crippen LogP contribution in [-0.2, 0) is 27.2 Å². The third-order valence-corrected chi connectivity index (χ3v) is 5.40. The number of hydrogen-bond donors (Lipinski definition) is 3. The van der Waals surface area contributed by atoms with Gasteiger partial charge in [-0.15, -0.1) is 0 Å². The highest BCUT2D eigenvalue weighted by Gasteiger charge is 2.37. The van der Waals surface area contributed by atoms with Gasteiger partial charge in [-0.25, -0.2) is 0 Å². The number of hydrogen-bond acceptors (Lipinski definition) is 4. The Morgan fingerprint density at radius 1 is 0.967 bits per heavy atom. The Hall–Kier alpha value is -3.19. The van der Waals surface area contributed by atoms with E-state index in [4.69, 9.17) is 11.5 Å². The minimum Gasteiger partial charge on any atom is -0.368 e. The minimum absolute atomic E-state index is 0.305. The van der Waals surface area contributed by atoms with Crippen LogP contribution in [0.25, 0.3) is 0 Å². The largest absolute Gasteiger partial charge is 0.368 e. The molecule has 0 aromatic heterocycles. The van der Waals surface area contributed by atoms with Crippen LogP contribution in [0.2, 0.25) is 0 Å². The number of carbonyl (C=O) groups is 3. The maximum atomic E-state index is 13.2. The summed E-state index contributed by atoms with van der Waals surface area (Å²) < 4.78 is 0. The van der Waals surface area contributed by atoms with Crippen molar-refractivity contribution in [2.75, 3.05) is 6.54 Å². The lowest BCUT2D eigenvalue weighted by Crippen LogP contribution is -2.56. The lowest BCUT2D eigenvalue weighted by Gasteiger charge is -2.28. The van der Waals surface area contributed by atoms with Crippen LogP contribution < -0.4 is 16.8 Å². The second kappa shape index (κ2) is 10.0. The highest BCUT2D eigenvalue weighted by atomic mass is 16.2. The summed E-state index contributed by atoms with van der Waals surface area (Å²) in [5, 5.41) is 2.81. The summed E-state index contributed by atoms with van der Waals surface area (Å²) in [7, 11) is 0. The third-order valence-electron chi connectivity index (χ3n) is 5.40. The van der Waals surface area contributed by atoms with Crippen LogP contribution in [0.5, 0.6) is 0 Å². The predicted molar refractivity (Wildman–Crippen MR) is 114 cm³/mol. The molecular weight excluding hydrogens is 380 g/mol. The van der Waals surface area contributed by atoms with Gasteiger partial charge in [-0.2, -0.15) is 0 Å². The van der Waals surface area contributed by atoms with Crippen molar-refractivity contribution in [3.8, 4) is 0 Å². The molecule has 0 radical (unpaired) electrons. The molecule has 2 aromatic carbocycles. The first-order valence-corrected chi connectivity index (χ1v) is 10.2. The number of benzene rings is 2. The highest BCUT2D eigenvalue weighted by Crippen LogP contribution is 2.19. The Kier molecular flexibility index (Phi) is 7.19. The van der Waals surface area contributed by atoms with Crippen molar-refractivity contribution in [2.45, 2.75) is 43.8 Å². The van der Waals surface area contributed by atoms with E-state index < -0.39 is 29.9 Å². The van der Waals surface area contributed by atoms with E-state index in [2.05, 4.69) is 5.32 Å². The summed E-state index contributed by atoms with van der Waals surface area (Å²) in [5.41, 5.74) is 13.4. The van der Waals surface area contributed by atoms with Crippen LogP contribution in [-0.4, -0.2) is 47.3 Å². The van der Waals surface area contributed by atoms with Gasteiger partial charge in [-0.05, 0) is 30.4 Å². The van der Waals surface area contributed by atoms with E-state index in [1.807, 2.05) is 60.7 Å². The first kappa shape index (κ1) is 21.5. The maximum absolute atomic E-state index is 13.2. The molecule has 3 amide bonds. The summed E-state index contributed by atoms with van der Waals surface area (Å²) in [6, 6.07) is 16.7. The van der Waals surface area contributed by atoms with Gasteiger partial charge in [-0.1, -0.05) is 60.7 Å². The standard InChI is InChI=1S/C23H28N4O3/c24-18(14-16-8-3-1-4-9-16)22(29)26-19(15-17-10-5-2-6-11-17)23(30)27-13-7-12-20(27)21(25)28/h1-6,8-11,18-20H,7,12-15,24H2,(H2,25,28)(H,26,29)/t18-,19-,20-/m0/s1. The quantitative estimate of drug-likeness (QED) is 0.597. The Bertz CT molecular complexity index is 873. The zero-order chi connectivity index (χ0) is 21.5. The van der Waals surface area contributed by atoms with Gasteiger partial charge in [0.15, 0.2) is 0 Å². The SMILES string of the molecule is NC(=O)[C@@H]1CCCN1C(=O)[C@H](Cc1ccccc1)NC(=O)[C@@H](N)Cc1ccccc1. The zero-order valence-electron chi connectivity index (χ0n) is 16.9. The Morgan fingerprint density at radius 2 is 1.53 bits per heavy atom. The molecule has 1 fully saturated rings. The van der Waals surface area contributed by atoms with Gasteiger partial charge in [0.2, 0.25) is 17.7 Å². The fraction of sp³-hybridized carbons (Fsp3) is 0.348. The average Bonchev–Trinajstić information content (AvgIpc) is 3.24. The van der Waals surface area contributed by atoms with E-state index in [0.29, 0.717) is 32.2 Å². The van der Waals surface area contributed by atoms with E-state index in [1.54, 1.807) is 0 Å². The molecule has 1 aliphatic rings. The van der Waals surface area contributed by atoms with Gasteiger partial charge in [0.25, 0.3) is 0 Å². The first-order valence-electron chi connectivity index (χ1n) is 10.2. The molecule has 1 heterocycles. The molecule has 158 valence electrons. The molecule has 7 heteroatoms. The molecule has 0 aliphatic carbocycles. The van der Waals surface area contributed by atoms with Gasteiger partial charge in [0.05, 0.1) is 6.04 Å².